The van der Waals surface area contributed by atoms with Crippen LogP contribution in [0.15, 0.2) is 72.8 Å². The standard InChI is InChI=1S/C46H59BF3N3O4/c1-28(2)41(47-56-39-26-35-25-38(44(35,3)4)45(39,5)57-47)52-42(54)37-24-34(30-16-10-7-11-17-30)27-53(37)43(55)36(22-29-14-8-6-9-15-29)51-40(46(48,49)50)33-21-20-31-18-12-13-19-32(31)23-33/h7,10-13,16-21,23,28-29,34-41,51H,6,8-9,14-15,22,24-27H2,1-5H3,(H,52,54)/t34-,35-,36+,37-,38-,39+,40+,41-,45-/m0/s1. The molecule has 3 aromatic rings. The number of likely N-dealkylation sites (tertiary alicyclic amines) is 1. The number of halogens is 3. The molecule has 2 bridgehead atoms. The smallest absolute Gasteiger partial charge is 0.404 e. The number of carbonyl (C=O) groups excluding carboxylic acids is 2. The first-order valence-electron chi connectivity index (χ1n) is 21.4. The molecule has 0 radical (unpaired) electrons. The average molecular weight is 786 g/mol. The molecule has 0 unspecified atom stereocenters. The molecule has 2 heterocycles. The number of nitrogens with zero attached hydrogens (tertiary/aromatic N) is 1. The van der Waals surface area contributed by atoms with E-state index in [1.165, 1.54) is 6.07 Å². The SMILES string of the molecule is CC(C)[C@H](NC(=O)[C@@H]1C[C@H](c2ccccc2)CN1C(=O)[C@@H](CC1CCCCC1)N[C@H](c1ccc2ccccc2c1)C(F)(F)F)B1O[C@@H]2C[C@@H]3C[C@@H](C3(C)C)[C@]2(C)O1. The number of hydrogen-bond donors (Lipinski definition) is 2. The van der Waals surface area contributed by atoms with E-state index in [1.54, 1.807) is 23.1 Å². The Morgan fingerprint density at radius 2 is 1.61 bits per heavy atom. The topological polar surface area (TPSA) is 79.9 Å². The van der Waals surface area contributed by atoms with Gasteiger partial charge in [0.15, 0.2) is 0 Å². The van der Waals surface area contributed by atoms with Crippen LogP contribution in [0.5, 0.6) is 0 Å². The Hall–Kier alpha value is -3.41. The molecule has 4 aliphatic carbocycles. The third kappa shape index (κ3) is 7.77. The summed E-state index contributed by atoms with van der Waals surface area (Å²) < 4.78 is 59.0. The lowest BCUT2D eigenvalue weighted by molar-refractivity contribution is -0.199. The lowest BCUT2D eigenvalue weighted by Gasteiger charge is -2.64. The molecule has 0 aromatic heterocycles. The van der Waals surface area contributed by atoms with E-state index in [0.717, 1.165) is 55.9 Å². The summed E-state index contributed by atoms with van der Waals surface area (Å²) >= 11 is 0. The molecule has 9 rings (SSSR count). The number of benzene rings is 3. The van der Waals surface area contributed by atoms with Crippen molar-refractivity contribution < 1.29 is 32.1 Å². The normalized spacial score (nSPS) is 30.2. The van der Waals surface area contributed by atoms with Crippen molar-refractivity contribution in [3.8, 4) is 0 Å². The Labute approximate surface area is 336 Å². The van der Waals surface area contributed by atoms with Crippen LogP contribution in [0.25, 0.3) is 10.8 Å². The van der Waals surface area contributed by atoms with Gasteiger partial charge < -0.3 is 19.5 Å². The molecule has 3 aromatic carbocycles. The van der Waals surface area contributed by atoms with Gasteiger partial charge in [-0.25, -0.2) is 0 Å². The number of amides is 2. The summed E-state index contributed by atoms with van der Waals surface area (Å²) in [6.45, 7) is 11.1. The predicted octanol–water partition coefficient (Wildman–Crippen LogP) is 9.16. The van der Waals surface area contributed by atoms with Gasteiger partial charge in [-0.2, -0.15) is 13.2 Å². The van der Waals surface area contributed by atoms with E-state index in [1.807, 2.05) is 62.4 Å². The van der Waals surface area contributed by atoms with E-state index >= 15 is 18.0 Å². The van der Waals surface area contributed by atoms with Crippen LogP contribution in [0.1, 0.15) is 115 Å². The number of rotatable bonds is 11. The van der Waals surface area contributed by atoms with Gasteiger partial charge in [0, 0.05) is 12.5 Å². The molecule has 11 heteroatoms. The first-order chi connectivity index (χ1) is 27.1. The molecule has 2 amide bonds. The van der Waals surface area contributed by atoms with E-state index in [4.69, 9.17) is 9.31 Å². The number of fused-ring (bicyclic) bond motifs is 1. The van der Waals surface area contributed by atoms with Crippen molar-refractivity contribution in [2.75, 3.05) is 6.54 Å². The fourth-order valence-corrected chi connectivity index (χ4v) is 11.3. The average Bonchev–Trinajstić information content (AvgIpc) is 3.80. The second kappa shape index (κ2) is 15.6. The maximum Gasteiger partial charge on any atom is 0.481 e. The zero-order valence-corrected chi connectivity index (χ0v) is 34.1. The lowest BCUT2D eigenvalue weighted by Crippen LogP contribution is -2.65. The van der Waals surface area contributed by atoms with Crippen molar-refractivity contribution in [1.29, 1.82) is 0 Å². The van der Waals surface area contributed by atoms with Crippen LogP contribution in [0.4, 0.5) is 13.2 Å². The maximum absolute atomic E-state index is 15.2. The fourth-order valence-electron chi connectivity index (χ4n) is 11.3. The Kier molecular flexibility index (Phi) is 11.1. The molecule has 2 saturated heterocycles. The highest BCUT2D eigenvalue weighted by atomic mass is 19.4. The molecule has 9 atom stereocenters. The molecule has 6 fully saturated rings. The van der Waals surface area contributed by atoms with Gasteiger partial charge in [-0.05, 0) is 89.7 Å². The van der Waals surface area contributed by atoms with Gasteiger partial charge in [-0.1, -0.05) is 127 Å². The zero-order valence-electron chi connectivity index (χ0n) is 34.1. The first-order valence-corrected chi connectivity index (χ1v) is 21.4. The quantitative estimate of drug-likeness (QED) is 0.190. The van der Waals surface area contributed by atoms with Gasteiger partial charge in [0.2, 0.25) is 11.8 Å². The Morgan fingerprint density at radius 3 is 2.30 bits per heavy atom. The van der Waals surface area contributed by atoms with E-state index < -0.39 is 48.9 Å². The largest absolute Gasteiger partial charge is 0.481 e. The molecule has 0 spiro atoms. The minimum Gasteiger partial charge on any atom is -0.404 e. The second-order valence-corrected chi connectivity index (χ2v) is 19.0. The summed E-state index contributed by atoms with van der Waals surface area (Å²) in [4.78, 5) is 31.4. The summed E-state index contributed by atoms with van der Waals surface area (Å²) in [6, 6.07) is 17.8. The minimum atomic E-state index is -4.67. The van der Waals surface area contributed by atoms with Crippen LogP contribution < -0.4 is 10.6 Å². The molecule has 2 aliphatic heterocycles. The molecular weight excluding hydrogens is 726 g/mol. The van der Waals surface area contributed by atoms with Gasteiger partial charge in [0.1, 0.15) is 12.1 Å². The van der Waals surface area contributed by atoms with Crippen LogP contribution in [0, 0.1) is 29.1 Å². The van der Waals surface area contributed by atoms with Crippen molar-refractivity contribution >= 4 is 29.7 Å². The van der Waals surface area contributed by atoms with Crippen LogP contribution in [0.3, 0.4) is 0 Å². The Morgan fingerprint density at radius 1 is 0.912 bits per heavy atom. The zero-order chi connectivity index (χ0) is 40.3. The lowest BCUT2D eigenvalue weighted by atomic mass is 9.43. The highest BCUT2D eigenvalue weighted by Gasteiger charge is 2.68. The van der Waals surface area contributed by atoms with Crippen LogP contribution >= 0.6 is 0 Å². The van der Waals surface area contributed by atoms with Crippen LogP contribution in [-0.2, 0) is 18.9 Å². The maximum atomic E-state index is 15.2. The summed E-state index contributed by atoms with van der Waals surface area (Å²) in [5, 5.41) is 7.70. The van der Waals surface area contributed by atoms with Crippen LogP contribution in [0.2, 0.25) is 0 Å². The van der Waals surface area contributed by atoms with Crippen molar-refractivity contribution in [2.45, 2.75) is 140 Å². The van der Waals surface area contributed by atoms with Gasteiger partial charge in [-0.3, -0.25) is 14.9 Å². The first kappa shape index (κ1) is 40.4. The summed E-state index contributed by atoms with van der Waals surface area (Å²) in [5.74, 6) is -0.416. The third-order valence-electron chi connectivity index (χ3n) is 14.8. The van der Waals surface area contributed by atoms with Gasteiger partial charge in [-0.15, -0.1) is 0 Å². The predicted molar refractivity (Wildman–Crippen MR) is 217 cm³/mol. The molecule has 4 saturated carbocycles. The summed E-state index contributed by atoms with van der Waals surface area (Å²) in [7, 11) is -0.648. The second-order valence-electron chi connectivity index (χ2n) is 19.0. The van der Waals surface area contributed by atoms with E-state index in [0.29, 0.717) is 23.6 Å². The number of nitrogens with one attached hydrogen (secondary N) is 2. The van der Waals surface area contributed by atoms with Crippen molar-refractivity contribution in [1.82, 2.24) is 15.5 Å². The Bertz CT molecular complexity index is 1920. The summed E-state index contributed by atoms with van der Waals surface area (Å²) in [6.07, 6.45) is 2.74. The van der Waals surface area contributed by atoms with E-state index in [-0.39, 0.29) is 53.7 Å². The molecule has 306 valence electrons. The molecule has 6 aliphatic rings. The summed E-state index contributed by atoms with van der Waals surface area (Å²) in [5.41, 5.74) is 0.770. The minimum absolute atomic E-state index is 0.0450. The van der Waals surface area contributed by atoms with Crippen molar-refractivity contribution in [2.24, 2.45) is 29.1 Å². The third-order valence-corrected chi connectivity index (χ3v) is 14.8. The molecule has 7 nitrogen and oxygen atoms in total. The number of hydrogen-bond acceptors (Lipinski definition) is 5. The van der Waals surface area contributed by atoms with Crippen molar-refractivity contribution in [3.05, 3.63) is 83.9 Å². The number of alkyl halides is 3. The highest BCUT2D eigenvalue weighted by Crippen LogP contribution is 2.65. The Balaban J connectivity index is 1.08. The number of carbonyl (C=O) groups is 2. The van der Waals surface area contributed by atoms with E-state index in [2.05, 4.69) is 31.4 Å². The fraction of sp³-hybridized carbons (Fsp3) is 0.609. The highest BCUT2D eigenvalue weighted by molar-refractivity contribution is 6.48. The van der Waals surface area contributed by atoms with Gasteiger partial charge in [0.05, 0.1) is 23.7 Å². The van der Waals surface area contributed by atoms with Crippen molar-refractivity contribution in [3.63, 3.8) is 0 Å². The van der Waals surface area contributed by atoms with E-state index in [9.17, 15) is 4.79 Å². The molecular formula is C46H59BF3N3O4. The molecule has 57 heavy (non-hydrogen) atoms. The van der Waals surface area contributed by atoms with Gasteiger partial charge in [0.25, 0.3) is 0 Å². The monoisotopic (exact) mass is 785 g/mol. The van der Waals surface area contributed by atoms with Crippen LogP contribution in [-0.4, -0.2) is 66.3 Å². The van der Waals surface area contributed by atoms with Gasteiger partial charge >= 0.3 is 13.3 Å². The molecule has 2 N–H and O–H groups in total.